The fraction of sp³-hybridized carbons (Fsp3) is 0.286. The lowest BCUT2D eigenvalue weighted by Crippen LogP contribution is -2.35. The lowest BCUT2D eigenvalue weighted by molar-refractivity contribution is -0.535. The van der Waals surface area contributed by atoms with E-state index in [1.165, 1.54) is 4.48 Å². The van der Waals surface area contributed by atoms with Gasteiger partial charge in [-0.05, 0) is 6.07 Å². The van der Waals surface area contributed by atoms with Crippen LogP contribution in [0.2, 0.25) is 0 Å². The van der Waals surface area contributed by atoms with Crippen molar-refractivity contribution in [2.45, 2.75) is 6.61 Å². The summed E-state index contributed by atoms with van der Waals surface area (Å²) in [6.07, 6.45) is 1.60. The van der Waals surface area contributed by atoms with Crippen molar-refractivity contribution in [3.05, 3.63) is 24.0 Å². The Morgan fingerprint density at radius 1 is 1.64 bits per heavy atom. The van der Waals surface area contributed by atoms with E-state index in [2.05, 4.69) is 0 Å². The molecule has 0 saturated carbocycles. The molecule has 56 valence electrons. The zero-order valence-corrected chi connectivity index (χ0v) is 6.32. The van der Waals surface area contributed by atoms with Gasteiger partial charge in [-0.3, -0.25) is 4.48 Å². The van der Waals surface area contributed by atoms with Gasteiger partial charge in [-0.15, -0.1) is 0 Å². The molecule has 0 bridgehead atoms. The number of hydrogen-bond acceptors (Lipinski definition) is 2. The van der Waals surface area contributed by atoms with Gasteiger partial charge in [0.2, 0.25) is 0 Å². The first-order valence-corrected chi connectivity index (χ1v) is 3.22. The van der Waals surface area contributed by atoms with Gasteiger partial charge in [0, 0.05) is 6.07 Å². The molecule has 4 heteroatoms. The van der Waals surface area contributed by atoms with Gasteiger partial charge in [0.25, 0.3) is 0 Å². The highest BCUT2D eigenvalue weighted by atomic mass is 16.5. The molecule has 0 aliphatic carbocycles. The minimum Gasteiger partial charge on any atom is -0.491 e. The van der Waals surface area contributed by atoms with Crippen LogP contribution >= 0.6 is 0 Å². The molecule has 11 heavy (non-hydrogen) atoms. The van der Waals surface area contributed by atoms with Gasteiger partial charge in [0.1, 0.15) is 6.61 Å². The van der Waals surface area contributed by atoms with Crippen LogP contribution < -0.4 is 9.21 Å². The molecular formula is C7H9BNO2+. The first-order valence-electron chi connectivity index (χ1n) is 3.22. The maximum absolute atomic E-state index is 8.74. The van der Waals surface area contributed by atoms with Crippen molar-refractivity contribution < 1.29 is 14.3 Å². The largest absolute Gasteiger partial charge is 0.586 e. The van der Waals surface area contributed by atoms with Gasteiger partial charge in [-0.2, -0.15) is 0 Å². The van der Waals surface area contributed by atoms with Crippen LogP contribution in [0.4, 0.5) is 0 Å². The van der Waals surface area contributed by atoms with E-state index < -0.39 is 0 Å². The molecule has 0 aromatic carbocycles. The summed E-state index contributed by atoms with van der Waals surface area (Å²) in [6, 6.07) is 3.45. The third-order valence-electron chi connectivity index (χ3n) is 1.44. The Kier molecular flexibility index (Phi) is 2.49. The lowest BCUT2D eigenvalue weighted by Gasteiger charge is -1.99. The van der Waals surface area contributed by atoms with Crippen molar-refractivity contribution >= 4 is 7.98 Å². The third kappa shape index (κ3) is 1.71. The highest BCUT2D eigenvalue weighted by Crippen LogP contribution is 2.05. The van der Waals surface area contributed by atoms with Crippen LogP contribution in [0.25, 0.3) is 0 Å². The van der Waals surface area contributed by atoms with Gasteiger partial charge in [0.15, 0.2) is 17.6 Å². The number of ether oxygens (including phenoxy) is 1. The molecule has 1 rings (SSSR count). The highest BCUT2D eigenvalue weighted by Gasteiger charge is 2.05. The van der Waals surface area contributed by atoms with Gasteiger partial charge >= 0.3 is 7.98 Å². The van der Waals surface area contributed by atoms with Gasteiger partial charge in [-0.25, -0.2) is 0 Å². The summed E-state index contributed by atoms with van der Waals surface area (Å²) in [6.45, 7) is -0.0690. The normalized spacial score (nSPS) is 9.64. The quantitative estimate of drug-likeness (QED) is 0.571. The summed E-state index contributed by atoms with van der Waals surface area (Å²) in [5, 5.41) is 8.74. The molecule has 0 spiro atoms. The van der Waals surface area contributed by atoms with E-state index in [-0.39, 0.29) is 6.61 Å². The fourth-order valence-corrected chi connectivity index (χ4v) is 0.783. The van der Waals surface area contributed by atoms with Crippen LogP contribution in [-0.4, -0.2) is 20.2 Å². The standard InChI is InChI=1S/C7H9BNO2/c1-11-7-3-2-6(5-10)9(8)4-7/h2-4,10H,5H2,1H3/q+1. The minimum atomic E-state index is -0.0690. The molecule has 2 radical (unpaired) electrons. The maximum atomic E-state index is 8.74. The maximum Gasteiger partial charge on any atom is 0.586 e. The molecule has 1 heterocycles. The predicted octanol–water partition coefficient (Wildman–Crippen LogP) is -0.593. The van der Waals surface area contributed by atoms with E-state index in [4.69, 9.17) is 17.8 Å². The Balaban J connectivity index is 2.99. The summed E-state index contributed by atoms with van der Waals surface area (Å²) >= 11 is 0. The molecule has 1 aromatic heterocycles. The Bertz CT molecular complexity index is 252. The van der Waals surface area contributed by atoms with Crippen LogP contribution in [-0.2, 0) is 6.61 Å². The van der Waals surface area contributed by atoms with Gasteiger partial charge in [-0.1, -0.05) is 0 Å². The highest BCUT2D eigenvalue weighted by molar-refractivity contribution is 5.94. The van der Waals surface area contributed by atoms with E-state index in [9.17, 15) is 0 Å². The number of aromatic nitrogens is 1. The van der Waals surface area contributed by atoms with Crippen LogP contribution in [0.3, 0.4) is 0 Å². The van der Waals surface area contributed by atoms with E-state index in [0.29, 0.717) is 11.4 Å². The second-order valence-corrected chi connectivity index (χ2v) is 2.13. The zero-order chi connectivity index (χ0) is 8.27. The summed E-state index contributed by atoms with van der Waals surface area (Å²) in [5.41, 5.74) is 0.644. The van der Waals surface area contributed by atoms with Crippen LogP contribution in [0.15, 0.2) is 18.3 Å². The number of nitrogens with zero attached hydrogens (tertiary/aromatic N) is 1. The monoisotopic (exact) mass is 150 g/mol. The van der Waals surface area contributed by atoms with Crippen LogP contribution in [0, 0.1) is 0 Å². The van der Waals surface area contributed by atoms with Crippen LogP contribution in [0.5, 0.6) is 5.75 Å². The summed E-state index contributed by atoms with van der Waals surface area (Å²) in [4.78, 5) is 0. The smallest absolute Gasteiger partial charge is 0.491 e. The molecular weight excluding hydrogens is 141 g/mol. The molecule has 0 aliphatic rings. The second kappa shape index (κ2) is 3.39. The second-order valence-electron chi connectivity index (χ2n) is 2.13. The van der Waals surface area contributed by atoms with E-state index in [0.717, 1.165) is 0 Å². The van der Waals surface area contributed by atoms with Crippen molar-refractivity contribution in [3.63, 3.8) is 0 Å². The van der Waals surface area contributed by atoms with Gasteiger partial charge < -0.3 is 9.84 Å². The summed E-state index contributed by atoms with van der Waals surface area (Å²) < 4.78 is 6.24. The first-order chi connectivity index (χ1) is 5.27. The molecule has 0 saturated heterocycles. The Morgan fingerprint density at radius 3 is 2.82 bits per heavy atom. The molecule has 0 fully saturated rings. The molecule has 0 unspecified atom stereocenters. The predicted molar refractivity (Wildman–Crippen MR) is 40.3 cm³/mol. The molecule has 1 N–H and O–H groups in total. The number of pyridine rings is 1. The van der Waals surface area contributed by atoms with Crippen molar-refractivity contribution in [2.75, 3.05) is 7.11 Å². The molecule has 1 aromatic rings. The zero-order valence-electron chi connectivity index (χ0n) is 6.32. The first kappa shape index (κ1) is 8.08. The Hall–Kier alpha value is -1.03. The number of aliphatic hydroxyl groups excluding tert-OH is 1. The molecule has 0 aliphatic heterocycles. The Morgan fingerprint density at radius 2 is 2.36 bits per heavy atom. The van der Waals surface area contributed by atoms with E-state index in [1.54, 1.807) is 25.4 Å². The SMILES string of the molecule is [B][n+]1cc(OC)ccc1CO. The summed E-state index contributed by atoms with van der Waals surface area (Å²) in [5.74, 6) is 0.671. The lowest BCUT2D eigenvalue weighted by atomic mass is 10.2. The Labute approximate surface area is 66.7 Å². The van der Waals surface area contributed by atoms with Gasteiger partial charge in [0.05, 0.1) is 7.11 Å². The average Bonchev–Trinajstić information content (AvgIpc) is 2.04. The fourth-order valence-electron chi connectivity index (χ4n) is 0.783. The average molecular weight is 150 g/mol. The molecule has 0 amide bonds. The number of hydrogen-bond donors (Lipinski definition) is 1. The van der Waals surface area contributed by atoms with Crippen molar-refractivity contribution in [1.82, 2.24) is 0 Å². The van der Waals surface area contributed by atoms with E-state index >= 15 is 0 Å². The number of aliphatic hydroxyl groups is 1. The third-order valence-corrected chi connectivity index (χ3v) is 1.44. The van der Waals surface area contributed by atoms with Crippen molar-refractivity contribution in [2.24, 2.45) is 0 Å². The molecule has 3 nitrogen and oxygen atoms in total. The number of methoxy groups -OCH3 is 1. The number of rotatable bonds is 2. The van der Waals surface area contributed by atoms with Crippen LogP contribution in [0.1, 0.15) is 5.69 Å². The topological polar surface area (TPSA) is 33.3 Å². The molecule has 0 atom stereocenters. The van der Waals surface area contributed by atoms with Crippen molar-refractivity contribution in [1.29, 1.82) is 0 Å². The minimum absolute atomic E-state index is 0.0690. The van der Waals surface area contributed by atoms with Crippen molar-refractivity contribution in [3.8, 4) is 5.75 Å². The van der Waals surface area contributed by atoms with E-state index in [1.807, 2.05) is 0 Å². The summed E-state index contributed by atoms with van der Waals surface area (Å²) in [7, 11) is 7.05.